The van der Waals surface area contributed by atoms with Crippen LogP contribution in [0.25, 0.3) is 22.6 Å². The van der Waals surface area contributed by atoms with Gasteiger partial charge in [0, 0.05) is 18.9 Å². The van der Waals surface area contributed by atoms with Crippen LogP contribution >= 0.6 is 0 Å². The van der Waals surface area contributed by atoms with E-state index in [2.05, 4.69) is 68.7 Å². The molecule has 2 aromatic carbocycles. The second kappa shape index (κ2) is 7.03. The summed E-state index contributed by atoms with van der Waals surface area (Å²) in [6.07, 6.45) is 5.50. The number of fused-ring (bicyclic) bond motifs is 5. The molecule has 3 aromatic rings. The molecule has 1 aliphatic heterocycles. The molecule has 0 saturated heterocycles. The van der Waals surface area contributed by atoms with Gasteiger partial charge in [0.1, 0.15) is 11.3 Å². The molecule has 1 aromatic heterocycles. The molecular weight excluding hydrogens is 334 g/mol. The number of aryl methyl sites for hydroxylation is 2. The minimum atomic E-state index is -0.100. The minimum absolute atomic E-state index is 0.100. The van der Waals surface area contributed by atoms with E-state index in [-0.39, 0.29) is 5.54 Å². The average Bonchev–Trinajstić information content (AvgIpc) is 3.00. The average molecular weight is 365 g/mol. The van der Waals surface area contributed by atoms with Crippen molar-refractivity contribution in [2.75, 3.05) is 6.61 Å². The fraction of sp³-hybridized carbons (Fsp3) is 0.458. The highest BCUT2D eigenvalue weighted by atomic mass is 16.5. The molecule has 0 bridgehead atoms. The van der Waals surface area contributed by atoms with Gasteiger partial charge in [-0.2, -0.15) is 0 Å². The van der Waals surface area contributed by atoms with Crippen molar-refractivity contribution in [1.29, 1.82) is 0 Å². The lowest BCUT2D eigenvalue weighted by atomic mass is 9.92. The summed E-state index contributed by atoms with van der Waals surface area (Å²) in [5.41, 5.74) is 5.71. The van der Waals surface area contributed by atoms with E-state index in [1.165, 1.54) is 29.5 Å². The maximum Gasteiger partial charge on any atom is 0.386 e. The van der Waals surface area contributed by atoms with E-state index in [0.29, 0.717) is 6.61 Å². The summed E-state index contributed by atoms with van der Waals surface area (Å²) in [6.45, 7) is 9.55. The summed E-state index contributed by atoms with van der Waals surface area (Å²) in [5, 5.41) is 0. The number of aromatic nitrogens is 1. The maximum atomic E-state index is 6.45. The van der Waals surface area contributed by atoms with Gasteiger partial charge >= 0.3 is 5.89 Å². The first-order chi connectivity index (χ1) is 13.1. The zero-order valence-electron chi connectivity index (χ0n) is 17.0. The molecule has 0 spiro atoms. The maximum absolute atomic E-state index is 6.45. The number of unbranched alkanes of at least 4 members (excludes halogenated alkanes) is 1. The lowest BCUT2D eigenvalue weighted by molar-refractivity contribution is -0.737. The Balaban J connectivity index is 2.00. The molecule has 4 rings (SSSR count). The number of oxazole rings is 1. The molecule has 1 aliphatic rings. The van der Waals surface area contributed by atoms with Gasteiger partial charge in [0.05, 0.1) is 0 Å². The summed E-state index contributed by atoms with van der Waals surface area (Å²) in [4.78, 5) is 0. The van der Waals surface area contributed by atoms with Gasteiger partial charge in [-0.05, 0) is 49.1 Å². The second-order valence-electron chi connectivity index (χ2n) is 7.87. The fourth-order valence-corrected chi connectivity index (χ4v) is 4.25. The van der Waals surface area contributed by atoms with Crippen LogP contribution in [0.3, 0.4) is 0 Å². The van der Waals surface area contributed by atoms with Gasteiger partial charge < -0.3 is 9.15 Å². The topological polar surface area (TPSA) is 26.2 Å². The largest absolute Gasteiger partial charge is 0.485 e. The van der Waals surface area contributed by atoms with Crippen molar-refractivity contribution in [1.82, 2.24) is 0 Å². The van der Waals surface area contributed by atoms with Crippen LogP contribution in [0.15, 0.2) is 40.8 Å². The highest BCUT2D eigenvalue weighted by Gasteiger charge is 2.47. The summed E-state index contributed by atoms with van der Waals surface area (Å²) >= 11 is 0. The Morgan fingerprint density at radius 1 is 1.04 bits per heavy atom. The van der Waals surface area contributed by atoms with Gasteiger partial charge in [-0.15, -0.1) is 4.57 Å². The van der Waals surface area contributed by atoms with Crippen LogP contribution in [-0.2, 0) is 12.0 Å². The number of hydrogen-bond acceptors (Lipinski definition) is 2. The smallest absolute Gasteiger partial charge is 0.386 e. The number of hydrogen-bond donors (Lipinski definition) is 0. The van der Waals surface area contributed by atoms with Crippen LogP contribution in [0.4, 0.5) is 0 Å². The molecule has 0 fully saturated rings. The van der Waals surface area contributed by atoms with Crippen LogP contribution in [0.1, 0.15) is 57.6 Å². The molecule has 0 unspecified atom stereocenters. The molecule has 0 atom stereocenters. The lowest BCUT2D eigenvalue weighted by Gasteiger charge is -2.23. The SMILES string of the molecule is CCCCc1ccc2c(c1)-c1oc3ccc(C)cc3[n+]1C(CC)(CC)CO2. The second-order valence-corrected chi connectivity index (χ2v) is 7.87. The van der Waals surface area contributed by atoms with Gasteiger partial charge in [-0.1, -0.05) is 39.3 Å². The number of nitrogens with zero attached hydrogens (tertiary/aromatic N) is 1. The van der Waals surface area contributed by atoms with Crippen molar-refractivity contribution in [2.45, 2.75) is 65.3 Å². The summed E-state index contributed by atoms with van der Waals surface area (Å²) in [7, 11) is 0. The van der Waals surface area contributed by atoms with E-state index in [4.69, 9.17) is 9.15 Å². The van der Waals surface area contributed by atoms with Crippen LogP contribution in [0.2, 0.25) is 0 Å². The number of rotatable bonds is 5. The molecule has 0 saturated carbocycles. The van der Waals surface area contributed by atoms with Crippen molar-refractivity contribution >= 4 is 11.1 Å². The quantitative estimate of drug-likeness (QED) is 0.523. The molecule has 2 heterocycles. The van der Waals surface area contributed by atoms with Gasteiger partial charge in [-0.25, -0.2) is 0 Å². The summed E-state index contributed by atoms with van der Waals surface area (Å²) in [5.74, 6) is 1.87. The minimum Gasteiger partial charge on any atom is -0.485 e. The van der Waals surface area contributed by atoms with E-state index in [1.807, 2.05) is 0 Å². The monoisotopic (exact) mass is 364 g/mol. The van der Waals surface area contributed by atoms with E-state index in [9.17, 15) is 0 Å². The van der Waals surface area contributed by atoms with Crippen LogP contribution in [0.5, 0.6) is 5.75 Å². The van der Waals surface area contributed by atoms with Gasteiger partial charge in [0.2, 0.25) is 11.1 Å². The molecule has 27 heavy (non-hydrogen) atoms. The normalized spacial score (nSPS) is 15.1. The van der Waals surface area contributed by atoms with Crippen LogP contribution < -0.4 is 9.30 Å². The zero-order valence-corrected chi connectivity index (χ0v) is 17.0. The Labute approximate surface area is 162 Å². The third-order valence-corrected chi connectivity index (χ3v) is 6.15. The van der Waals surface area contributed by atoms with Crippen LogP contribution in [-0.4, -0.2) is 6.61 Å². The Morgan fingerprint density at radius 2 is 1.85 bits per heavy atom. The van der Waals surface area contributed by atoms with Crippen molar-refractivity contribution in [3.05, 3.63) is 47.5 Å². The third kappa shape index (κ3) is 2.93. The predicted octanol–water partition coefficient (Wildman–Crippen LogP) is 5.95. The highest BCUT2D eigenvalue weighted by Crippen LogP contribution is 2.39. The Morgan fingerprint density at radius 3 is 2.59 bits per heavy atom. The molecule has 142 valence electrons. The van der Waals surface area contributed by atoms with E-state index in [1.54, 1.807) is 0 Å². The summed E-state index contributed by atoms with van der Waals surface area (Å²) < 4.78 is 15.2. The molecule has 0 amide bonds. The van der Waals surface area contributed by atoms with Gasteiger partial charge in [-0.3, -0.25) is 0 Å². The standard InChI is InChI=1S/C24H30NO2/c1-5-8-9-18-11-13-21-19(15-18)23-25(24(6-2,7-3)16-26-21)20-14-17(4)10-12-22(20)27-23/h10-15H,5-9,16H2,1-4H3/q+1. The first-order valence-corrected chi connectivity index (χ1v) is 10.3. The van der Waals surface area contributed by atoms with E-state index < -0.39 is 0 Å². The first-order valence-electron chi connectivity index (χ1n) is 10.3. The molecule has 0 N–H and O–H groups in total. The van der Waals surface area contributed by atoms with Gasteiger partial charge in [0.15, 0.2) is 6.61 Å². The van der Waals surface area contributed by atoms with E-state index >= 15 is 0 Å². The fourth-order valence-electron chi connectivity index (χ4n) is 4.25. The number of benzene rings is 2. The van der Waals surface area contributed by atoms with Crippen LogP contribution in [0, 0.1) is 6.92 Å². The molecule has 3 heteroatoms. The lowest BCUT2D eigenvalue weighted by Crippen LogP contribution is -2.58. The Kier molecular flexibility index (Phi) is 4.71. The highest BCUT2D eigenvalue weighted by molar-refractivity contribution is 5.74. The molecule has 0 aliphatic carbocycles. The first kappa shape index (κ1) is 18.1. The molecule has 3 nitrogen and oxygen atoms in total. The van der Waals surface area contributed by atoms with E-state index in [0.717, 1.165) is 42.0 Å². The van der Waals surface area contributed by atoms with Gasteiger partial charge in [0.25, 0.3) is 5.52 Å². The third-order valence-electron chi connectivity index (χ3n) is 6.15. The Hall–Kier alpha value is -2.29. The van der Waals surface area contributed by atoms with Crippen molar-refractivity contribution in [3.8, 4) is 17.2 Å². The van der Waals surface area contributed by atoms with Crippen molar-refractivity contribution in [3.63, 3.8) is 0 Å². The molecular formula is C24H30NO2+. The molecule has 0 radical (unpaired) electrons. The zero-order chi connectivity index (χ0) is 19.0. The summed E-state index contributed by atoms with van der Waals surface area (Å²) in [6, 6.07) is 13.1. The predicted molar refractivity (Wildman–Crippen MR) is 109 cm³/mol. The van der Waals surface area contributed by atoms with Crippen molar-refractivity contribution < 1.29 is 13.7 Å². The Bertz CT molecular complexity index is 966. The number of ether oxygens (including phenoxy) is 1. The van der Waals surface area contributed by atoms with Crippen molar-refractivity contribution in [2.24, 2.45) is 0 Å².